The van der Waals surface area contributed by atoms with Crippen LogP contribution in [-0.2, 0) is 38.2 Å². The van der Waals surface area contributed by atoms with Crippen molar-refractivity contribution in [3.63, 3.8) is 0 Å². The van der Waals surface area contributed by atoms with Crippen molar-refractivity contribution in [2.75, 3.05) is 13.2 Å². The van der Waals surface area contributed by atoms with Crippen LogP contribution in [0.25, 0.3) is 0 Å². The van der Waals surface area contributed by atoms with Gasteiger partial charge in [-0.1, -0.05) is 64.7 Å². The maximum absolute atomic E-state index is 12.3. The Morgan fingerprint density at radius 2 is 1.14 bits per heavy atom. The van der Waals surface area contributed by atoms with Crippen LogP contribution in [0.1, 0.15) is 104 Å². The summed E-state index contributed by atoms with van der Waals surface area (Å²) in [6.07, 6.45) is 8.05. The Kier molecular flexibility index (Phi) is 27.6. The normalized spacial score (nSPS) is 11.8. The summed E-state index contributed by atoms with van der Waals surface area (Å²) in [7, 11) is 0. The van der Waals surface area contributed by atoms with Gasteiger partial charge < -0.3 is 24.4 Å². The number of carbonyl (C=O) groups is 5. The molecule has 1 unspecified atom stereocenters. The molecule has 0 aromatic carbocycles. The third-order valence-corrected chi connectivity index (χ3v) is 5.07. The Labute approximate surface area is 258 Å². The van der Waals surface area contributed by atoms with Gasteiger partial charge in [-0.15, -0.1) is 0 Å². The molecule has 0 fully saturated rings. The fraction of sp³-hybridized carbons (Fsp3) is 0.792. The summed E-state index contributed by atoms with van der Waals surface area (Å²) < 4.78 is 14.2. The number of ether oxygens (including phenoxy) is 3. The fourth-order valence-corrected chi connectivity index (χ4v) is 3.18. The number of carboxylic acids is 1. The summed E-state index contributed by atoms with van der Waals surface area (Å²) in [6, 6.07) is 0. The molecule has 0 aliphatic heterocycles. The van der Waals surface area contributed by atoms with E-state index in [1.807, 2.05) is 0 Å². The number of aliphatic carboxylic acids is 1. The van der Waals surface area contributed by atoms with Crippen LogP contribution in [0, 0.1) is 0 Å². The van der Waals surface area contributed by atoms with Crippen LogP contribution in [0.3, 0.4) is 0 Å². The number of rotatable bonds is 20. The van der Waals surface area contributed by atoms with Crippen LogP contribution in [0.2, 0.25) is 0 Å². The predicted molar refractivity (Wildman–Crippen MR) is 136 cm³/mol. The first-order valence-electron chi connectivity index (χ1n) is 12.1. The molecule has 0 bridgehead atoms. The van der Waals surface area contributed by atoms with E-state index in [1.54, 1.807) is 0 Å². The van der Waals surface area contributed by atoms with Crippen molar-refractivity contribution in [1.29, 1.82) is 0 Å². The quantitative estimate of drug-likeness (QED) is 0.0778. The van der Waals surface area contributed by atoms with Gasteiger partial charge in [-0.2, -0.15) is 0 Å². The Morgan fingerprint density at radius 1 is 0.667 bits per heavy atom. The van der Waals surface area contributed by atoms with Gasteiger partial charge in [0, 0.05) is 0 Å². The molecule has 36 heavy (non-hydrogen) atoms. The monoisotopic (exact) mass is 536 g/mol. The third kappa shape index (κ3) is 21.6. The number of aliphatic hydroxyl groups is 1. The molecule has 10 nitrogen and oxygen atoms in total. The number of hydrogen-bond acceptors (Lipinski definition) is 9. The van der Waals surface area contributed by atoms with Crippen LogP contribution >= 0.6 is 0 Å². The van der Waals surface area contributed by atoms with Crippen molar-refractivity contribution in [2.45, 2.75) is 109 Å². The molecule has 2 N–H and O–H groups in total. The van der Waals surface area contributed by atoms with Crippen molar-refractivity contribution < 1.29 is 48.4 Å². The van der Waals surface area contributed by atoms with Gasteiger partial charge in [-0.25, -0.2) is 4.79 Å². The van der Waals surface area contributed by atoms with Gasteiger partial charge in [0.2, 0.25) is 0 Å². The fourth-order valence-electron chi connectivity index (χ4n) is 3.18. The molecule has 12 heteroatoms. The minimum atomic E-state index is -2.67. The molecule has 1 atom stereocenters. The van der Waals surface area contributed by atoms with Crippen LogP contribution in [0.5, 0.6) is 0 Å². The van der Waals surface area contributed by atoms with E-state index < -0.39 is 61.1 Å². The molecular weight excluding hydrogens is 494 g/mol. The van der Waals surface area contributed by atoms with Gasteiger partial charge in [0.05, 0.1) is 38.9 Å². The minimum absolute atomic E-state index is 0. The summed E-state index contributed by atoms with van der Waals surface area (Å²) in [5.74, 6) is -5.91. The maximum atomic E-state index is 12.3. The zero-order chi connectivity index (χ0) is 25.8. The molecule has 0 aliphatic carbocycles. The zero-order valence-corrected chi connectivity index (χ0v) is 20.5. The van der Waals surface area contributed by atoms with E-state index >= 15 is 0 Å². The summed E-state index contributed by atoms with van der Waals surface area (Å²) in [4.78, 5) is 58.4. The van der Waals surface area contributed by atoms with E-state index in [9.17, 15) is 29.1 Å². The average Bonchev–Trinajstić information content (AvgIpc) is 2.76. The first kappa shape index (κ1) is 40.0. The van der Waals surface area contributed by atoms with Crippen molar-refractivity contribution >= 4 is 89.0 Å². The molecule has 0 aliphatic rings. The van der Waals surface area contributed by atoms with Gasteiger partial charge in [0.1, 0.15) is 0 Å². The van der Waals surface area contributed by atoms with E-state index in [0.717, 1.165) is 19.3 Å². The number of carbonyl (C=O) groups excluding carboxylic acids is 4. The van der Waals surface area contributed by atoms with Gasteiger partial charge in [-0.3, -0.25) is 19.2 Å². The summed E-state index contributed by atoms with van der Waals surface area (Å²) in [5, 5.41) is 19.2. The van der Waals surface area contributed by atoms with E-state index in [2.05, 4.69) is 11.7 Å². The second-order valence-electron chi connectivity index (χ2n) is 8.25. The molecular formula is C24H42Na2O10. The topological polar surface area (TPSA) is 154 Å². The molecule has 0 radical (unpaired) electrons. The van der Waals surface area contributed by atoms with Gasteiger partial charge in [0.25, 0.3) is 0 Å². The van der Waals surface area contributed by atoms with Crippen molar-refractivity contribution in [2.24, 2.45) is 0 Å². The van der Waals surface area contributed by atoms with E-state index in [4.69, 9.17) is 14.6 Å². The third-order valence-electron chi connectivity index (χ3n) is 5.07. The van der Waals surface area contributed by atoms with Gasteiger partial charge >= 0.3 is 89.0 Å². The van der Waals surface area contributed by atoms with Crippen LogP contribution < -0.4 is 0 Å². The zero-order valence-electron chi connectivity index (χ0n) is 20.5. The van der Waals surface area contributed by atoms with Gasteiger partial charge in [0.15, 0.2) is 5.60 Å². The number of hydrogen-bond donors (Lipinski definition) is 2. The second kappa shape index (κ2) is 24.8. The first-order chi connectivity index (χ1) is 16.1. The number of carboxylic acid groups (broad SMARTS) is 1. The van der Waals surface area contributed by atoms with Crippen LogP contribution in [0.4, 0.5) is 0 Å². The summed E-state index contributed by atoms with van der Waals surface area (Å²) in [6.45, 7) is 3.78. The van der Waals surface area contributed by atoms with Crippen molar-refractivity contribution in [1.82, 2.24) is 0 Å². The predicted octanol–water partition coefficient (Wildman–Crippen LogP) is 2.16. The van der Waals surface area contributed by atoms with E-state index in [-0.39, 0.29) is 72.3 Å². The molecule has 0 rings (SSSR count). The van der Waals surface area contributed by atoms with E-state index in [1.165, 1.54) is 45.4 Å². The van der Waals surface area contributed by atoms with Crippen LogP contribution in [-0.4, -0.2) is 118 Å². The summed E-state index contributed by atoms with van der Waals surface area (Å²) in [5.41, 5.74) is -2.67. The molecule has 0 heterocycles. The SMILES string of the molecule is CCCCCCCCCCCCOC(=O)CC(O)(CC(=O)OCC)C(=O)OC(=O)CCC(=O)O.[NaH].[NaH]. The molecule has 0 aromatic rings. The van der Waals surface area contributed by atoms with Crippen molar-refractivity contribution in [3.8, 4) is 0 Å². The average molecular weight is 537 g/mol. The molecule has 0 saturated heterocycles. The Hall–Kier alpha value is -0.490. The van der Waals surface area contributed by atoms with Crippen molar-refractivity contribution in [3.05, 3.63) is 0 Å². The van der Waals surface area contributed by atoms with Gasteiger partial charge in [-0.05, 0) is 13.3 Å². The van der Waals surface area contributed by atoms with E-state index in [0.29, 0.717) is 6.42 Å². The molecule has 0 aromatic heterocycles. The first-order valence-corrected chi connectivity index (χ1v) is 12.1. The Balaban J connectivity index is -0.00000544. The molecule has 0 amide bonds. The van der Waals surface area contributed by atoms with Crippen LogP contribution in [0.15, 0.2) is 0 Å². The standard InChI is InChI=1S/C24H40O10.2Na.2H/c1-3-5-6-7-8-9-10-11-12-13-16-33-22(29)18-24(31,17-21(28)32-4-2)23(30)34-20(27)15-14-19(25)26;;;;/h31H,3-18H2,1-2H3,(H,25,26);;;;. The summed E-state index contributed by atoms with van der Waals surface area (Å²) >= 11 is 0. The second-order valence-corrected chi connectivity index (χ2v) is 8.25. The molecule has 0 spiro atoms. The number of unbranched alkanes of at least 4 members (excludes halogenated alkanes) is 9. The Morgan fingerprint density at radius 3 is 1.61 bits per heavy atom. The molecule has 0 saturated carbocycles. The Bertz CT molecular complexity index is 657. The number of esters is 4. The molecule has 200 valence electrons.